The highest BCUT2D eigenvalue weighted by Gasteiger charge is 2.32. The van der Waals surface area contributed by atoms with Crippen molar-refractivity contribution < 1.29 is 40.2 Å². The van der Waals surface area contributed by atoms with Gasteiger partial charge in [-0.3, -0.25) is 39.8 Å². The van der Waals surface area contributed by atoms with Crippen LogP contribution in [0.3, 0.4) is 0 Å². The molecular formula is C39H43N4O8PS3. The summed E-state index contributed by atoms with van der Waals surface area (Å²) in [5.74, 6) is 0.340. The van der Waals surface area contributed by atoms with E-state index in [0.29, 0.717) is 41.1 Å². The number of pyridine rings is 2. The van der Waals surface area contributed by atoms with E-state index in [9.17, 15) is 29.4 Å². The van der Waals surface area contributed by atoms with Crippen molar-refractivity contribution in [2.75, 3.05) is 19.9 Å². The van der Waals surface area contributed by atoms with E-state index < -0.39 is 28.6 Å². The van der Waals surface area contributed by atoms with Crippen LogP contribution in [-0.2, 0) is 47.1 Å². The zero-order chi connectivity index (χ0) is 40.7. The van der Waals surface area contributed by atoms with E-state index in [1.165, 1.54) is 0 Å². The summed E-state index contributed by atoms with van der Waals surface area (Å²) in [5.41, 5.74) is 5.03. The lowest BCUT2D eigenvalue weighted by atomic mass is 10.1. The van der Waals surface area contributed by atoms with Crippen LogP contribution in [0.1, 0.15) is 61.1 Å². The number of hydrogen-bond donors (Lipinski definition) is 4. The van der Waals surface area contributed by atoms with E-state index in [1.807, 2.05) is 43.9 Å². The fourth-order valence-electron chi connectivity index (χ4n) is 5.02. The molecule has 2 saturated heterocycles. The lowest BCUT2D eigenvalue weighted by Crippen LogP contribution is -2.25. The first kappa shape index (κ1) is 41.9. The van der Waals surface area contributed by atoms with E-state index in [2.05, 4.69) is 39.3 Å². The molecule has 0 bridgehead atoms. The Labute approximate surface area is 336 Å². The van der Waals surface area contributed by atoms with E-state index in [1.54, 1.807) is 54.9 Å². The van der Waals surface area contributed by atoms with E-state index in [4.69, 9.17) is 10.8 Å². The standard InChI is InChI=1S/2C19H20N2O4S.CH3PS/c2*1-2-12-5-8-15(20-10-12)16(22)11-25-14-6-3-13(4-7-14)9-17-18(23)21-19(24)26-17;1-2-3/h2*3-8,10,16-17,22H,2,9,11H2,1H3,(H,21,23,24);1H3/i17D;;. The average molecular weight is 824 g/mol. The summed E-state index contributed by atoms with van der Waals surface area (Å²) in [7, 11) is 1.00. The molecule has 12 nitrogen and oxygen atoms in total. The average Bonchev–Trinajstić information content (AvgIpc) is 3.66. The molecule has 2 aromatic heterocycles. The minimum absolute atomic E-state index is 0.0625. The van der Waals surface area contributed by atoms with Crippen molar-refractivity contribution in [1.29, 1.82) is 0 Å². The molecule has 0 radical (unpaired) electrons. The Morgan fingerprint density at radius 1 is 0.709 bits per heavy atom. The van der Waals surface area contributed by atoms with Crippen LogP contribution in [-0.4, -0.2) is 72.8 Å². The third kappa shape index (κ3) is 14.1. The van der Waals surface area contributed by atoms with Crippen LogP contribution < -0.4 is 20.1 Å². The highest BCUT2D eigenvalue weighted by molar-refractivity contribution is 8.15. The Balaban J connectivity index is 0.000000233. The van der Waals surface area contributed by atoms with Crippen molar-refractivity contribution in [1.82, 2.24) is 20.6 Å². The van der Waals surface area contributed by atoms with Crippen LogP contribution in [0.15, 0.2) is 85.2 Å². The summed E-state index contributed by atoms with van der Waals surface area (Å²) in [4.78, 5) is 54.3. The second-order valence-electron chi connectivity index (χ2n) is 12.0. The molecule has 55 heavy (non-hydrogen) atoms. The third-order valence-corrected chi connectivity index (χ3v) is 9.94. The van der Waals surface area contributed by atoms with Crippen molar-refractivity contribution in [2.24, 2.45) is 0 Å². The number of nitrogens with one attached hydrogen (secondary N) is 2. The van der Waals surface area contributed by atoms with Crippen molar-refractivity contribution in [3.8, 4) is 11.5 Å². The van der Waals surface area contributed by atoms with Gasteiger partial charge in [-0.25, -0.2) is 0 Å². The highest BCUT2D eigenvalue weighted by atomic mass is 32.4. The Hall–Kier alpha value is -4.24. The van der Waals surface area contributed by atoms with Gasteiger partial charge < -0.3 is 19.7 Å². The van der Waals surface area contributed by atoms with Gasteiger partial charge in [0.2, 0.25) is 11.8 Å². The monoisotopic (exact) mass is 823 g/mol. The number of benzene rings is 2. The van der Waals surface area contributed by atoms with Crippen LogP contribution in [0.5, 0.6) is 11.5 Å². The number of imide groups is 2. The van der Waals surface area contributed by atoms with Crippen LogP contribution >= 0.6 is 30.9 Å². The third-order valence-electron chi connectivity index (χ3n) is 8.09. The molecule has 2 fully saturated rings. The maximum atomic E-state index is 11.7. The fraction of sp³-hybridized carbons (Fsp3) is 0.333. The summed E-state index contributed by atoms with van der Waals surface area (Å²) in [6.45, 7) is 6.17. The summed E-state index contributed by atoms with van der Waals surface area (Å²) < 4.78 is 19.3. The number of aryl methyl sites for hydroxylation is 2. The van der Waals surface area contributed by atoms with Gasteiger partial charge in [0.05, 0.1) is 23.2 Å². The normalized spacial score (nSPS) is 18.9. The molecule has 4 amide bonds. The second kappa shape index (κ2) is 22.3. The number of rotatable bonds is 14. The van der Waals surface area contributed by atoms with Crippen molar-refractivity contribution in [2.45, 2.75) is 62.2 Å². The lowest BCUT2D eigenvalue weighted by molar-refractivity contribution is -0.119. The van der Waals surface area contributed by atoms with Gasteiger partial charge in [-0.1, -0.05) is 85.6 Å². The molecular weight excluding hydrogens is 780 g/mol. The number of ether oxygens (including phenoxy) is 2. The van der Waals surface area contributed by atoms with Gasteiger partial charge in [0.15, 0.2) is 0 Å². The molecule has 2 aliphatic rings. The summed E-state index contributed by atoms with van der Waals surface area (Å²) in [6.07, 6.45) is 4.26. The molecule has 2 aliphatic heterocycles. The first-order valence-corrected chi connectivity index (χ1v) is 21.4. The molecule has 2 aromatic carbocycles. The minimum atomic E-state index is -1.54. The van der Waals surface area contributed by atoms with E-state index >= 15 is 0 Å². The molecule has 290 valence electrons. The summed E-state index contributed by atoms with van der Waals surface area (Å²) >= 11 is 6.07. The topological polar surface area (TPSA) is 177 Å². The quantitative estimate of drug-likeness (QED) is 0.104. The first-order valence-electron chi connectivity index (χ1n) is 17.8. The summed E-state index contributed by atoms with van der Waals surface area (Å²) in [6, 6.07) is 21.6. The lowest BCUT2D eigenvalue weighted by Gasteiger charge is -2.13. The molecule has 0 spiro atoms. The van der Waals surface area contributed by atoms with Gasteiger partial charge >= 0.3 is 0 Å². The zero-order valence-electron chi connectivity index (χ0n) is 31.5. The Bertz CT molecular complexity index is 1940. The SMILES string of the molecule is CCc1ccc(C(O)COc2ccc(CC3SC(=O)NC3=O)cc2)nc1.CP=S.[2H]C1(Cc2ccc(OCC(O)c3ccc(CC)cn3)cc2)SC(=O)NC1=O. The van der Waals surface area contributed by atoms with Gasteiger partial charge in [-0.2, -0.15) is 0 Å². The molecule has 4 N–H and O–H groups in total. The highest BCUT2D eigenvalue weighted by Crippen LogP contribution is 2.26. The number of carbonyl (C=O) groups excluding carboxylic acids is 4. The summed E-state index contributed by atoms with van der Waals surface area (Å²) in [5, 5.41) is 22.1. The Morgan fingerprint density at radius 2 is 1.13 bits per heavy atom. The molecule has 4 atom stereocenters. The number of aliphatic hydroxyl groups excluding tert-OH is 2. The number of aromatic nitrogens is 2. The number of nitrogens with zero attached hydrogens (tertiary/aromatic N) is 2. The molecule has 16 heteroatoms. The smallest absolute Gasteiger partial charge is 0.286 e. The van der Waals surface area contributed by atoms with Crippen LogP contribution in [0.2, 0.25) is 0 Å². The maximum Gasteiger partial charge on any atom is 0.286 e. The fourth-order valence-corrected chi connectivity index (χ4v) is 6.63. The second-order valence-corrected chi connectivity index (χ2v) is 15.7. The largest absolute Gasteiger partial charge is 0.490 e. The van der Waals surface area contributed by atoms with E-state index in [-0.39, 0.29) is 36.0 Å². The number of amides is 4. The van der Waals surface area contributed by atoms with E-state index in [0.717, 1.165) is 54.2 Å². The zero-order valence-corrected chi connectivity index (χ0v) is 33.8. The number of hydrogen-bond acceptors (Lipinski definition) is 13. The number of aliphatic hydroxyl groups is 2. The van der Waals surface area contributed by atoms with Crippen LogP contribution in [0.25, 0.3) is 0 Å². The van der Waals surface area contributed by atoms with Crippen molar-refractivity contribution >= 4 is 65.0 Å². The molecule has 0 aliphatic carbocycles. The van der Waals surface area contributed by atoms with Gasteiger partial charge in [0.1, 0.15) is 36.9 Å². The molecule has 0 saturated carbocycles. The van der Waals surface area contributed by atoms with Gasteiger partial charge in [0.25, 0.3) is 10.5 Å². The first-order chi connectivity index (χ1) is 26.9. The predicted molar refractivity (Wildman–Crippen MR) is 218 cm³/mol. The number of carbonyl (C=O) groups is 4. The molecule has 4 unspecified atom stereocenters. The molecule has 4 aromatic rings. The minimum Gasteiger partial charge on any atom is -0.490 e. The number of thioether (sulfide) groups is 2. The maximum absolute atomic E-state index is 11.7. The molecule has 6 rings (SSSR count). The Morgan fingerprint density at radius 3 is 1.49 bits per heavy atom. The van der Waals surface area contributed by atoms with Crippen LogP contribution in [0.4, 0.5) is 9.59 Å². The van der Waals surface area contributed by atoms with Gasteiger partial charge in [-0.15, -0.1) is 0 Å². The van der Waals surface area contributed by atoms with Gasteiger partial charge in [0, 0.05) is 12.4 Å². The van der Waals surface area contributed by atoms with Crippen molar-refractivity contribution in [3.05, 3.63) is 119 Å². The van der Waals surface area contributed by atoms with Crippen molar-refractivity contribution in [3.63, 3.8) is 0 Å². The van der Waals surface area contributed by atoms with Crippen LogP contribution in [0, 0.1) is 0 Å². The predicted octanol–water partition coefficient (Wildman–Crippen LogP) is 6.33. The Kier molecular flexibility index (Phi) is 17.0. The van der Waals surface area contributed by atoms with Gasteiger partial charge in [-0.05, 0) is 98.4 Å². The molecule has 4 heterocycles.